The molecule has 2 aromatic rings. The second-order valence-corrected chi connectivity index (χ2v) is 4.65. The van der Waals surface area contributed by atoms with Crippen LogP contribution in [0, 0.1) is 0 Å². The van der Waals surface area contributed by atoms with Gasteiger partial charge in [-0.15, -0.1) is 0 Å². The predicted octanol–water partition coefficient (Wildman–Crippen LogP) is 2.54. The molecule has 0 N–H and O–H groups in total. The number of rotatable bonds is 2. The molecule has 0 bridgehead atoms. The lowest BCUT2D eigenvalue weighted by Crippen LogP contribution is -2.38. The zero-order valence-electron chi connectivity index (χ0n) is 10.9. The highest BCUT2D eigenvalue weighted by Gasteiger charge is 2.55. The minimum Gasteiger partial charge on any atom is -0.422 e. The number of hydrogen-bond donors (Lipinski definition) is 0. The van der Waals surface area contributed by atoms with E-state index in [0.29, 0.717) is 11.1 Å². The van der Waals surface area contributed by atoms with Gasteiger partial charge in [-0.3, -0.25) is 4.79 Å². The molecule has 2 aromatic carbocycles. The standard InChI is InChI=1S/C16H13NO3/c1-17-14(18)16(20-15(17)19,12-8-4-2-5-9-12)13-10-6-3-7-11-13/h2-11H,1H3. The van der Waals surface area contributed by atoms with Crippen LogP contribution in [0.5, 0.6) is 0 Å². The summed E-state index contributed by atoms with van der Waals surface area (Å²) >= 11 is 0. The molecule has 20 heavy (non-hydrogen) atoms. The average molecular weight is 267 g/mol. The maximum Gasteiger partial charge on any atom is 0.418 e. The molecule has 0 aromatic heterocycles. The largest absolute Gasteiger partial charge is 0.422 e. The number of carbonyl (C=O) groups excluding carboxylic acids is 2. The third-order valence-electron chi connectivity index (χ3n) is 3.48. The number of cyclic esters (lactones) is 1. The summed E-state index contributed by atoms with van der Waals surface area (Å²) in [6, 6.07) is 18.1. The van der Waals surface area contributed by atoms with E-state index in [2.05, 4.69) is 0 Å². The first-order valence-electron chi connectivity index (χ1n) is 6.28. The van der Waals surface area contributed by atoms with Gasteiger partial charge in [-0.2, -0.15) is 0 Å². The molecule has 0 aliphatic carbocycles. The van der Waals surface area contributed by atoms with Crippen LogP contribution in [0.15, 0.2) is 60.7 Å². The van der Waals surface area contributed by atoms with Crippen LogP contribution in [0.3, 0.4) is 0 Å². The smallest absolute Gasteiger partial charge is 0.418 e. The van der Waals surface area contributed by atoms with Crippen LogP contribution in [0.25, 0.3) is 0 Å². The lowest BCUT2D eigenvalue weighted by atomic mass is 9.85. The van der Waals surface area contributed by atoms with E-state index in [9.17, 15) is 9.59 Å². The van der Waals surface area contributed by atoms with Gasteiger partial charge < -0.3 is 4.74 Å². The van der Waals surface area contributed by atoms with Gasteiger partial charge in [0.05, 0.1) is 0 Å². The van der Waals surface area contributed by atoms with Gasteiger partial charge >= 0.3 is 6.09 Å². The Balaban J connectivity index is 2.25. The zero-order chi connectivity index (χ0) is 14.2. The molecule has 3 rings (SSSR count). The molecule has 100 valence electrons. The minimum absolute atomic E-state index is 0.375. The molecule has 1 aliphatic heterocycles. The summed E-state index contributed by atoms with van der Waals surface area (Å²) in [7, 11) is 1.43. The van der Waals surface area contributed by atoms with E-state index < -0.39 is 11.7 Å². The number of amides is 2. The number of imide groups is 1. The first-order valence-corrected chi connectivity index (χ1v) is 6.28. The summed E-state index contributed by atoms with van der Waals surface area (Å²) in [6.07, 6.45) is -0.636. The molecule has 2 amide bonds. The Labute approximate surface area is 116 Å². The second-order valence-electron chi connectivity index (χ2n) is 4.65. The van der Waals surface area contributed by atoms with Crippen molar-refractivity contribution in [2.75, 3.05) is 7.05 Å². The van der Waals surface area contributed by atoms with E-state index in [0.717, 1.165) is 4.90 Å². The third kappa shape index (κ3) is 1.61. The molecule has 0 atom stereocenters. The molecule has 1 aliphatic rings. The molecule has 0 radical (unpaired) electrons. The average Bonchev–Trinajstić information content (AvgIpc) is 2.74. The van der Waals surface area contributed by atoms with Crippen molar-refractivity contribution < 1.29 is 14.3 Å². The van der Waals surface area contributed by atoms with E-state index in [1.165, 1.54) is 7.05 Å². The third-order valence-corrected chi connectivity index (χ3v) is 3.48. The van der Waals surface area contributed by atoms with Crippen molar-refractivity contribution in [2.24, 2.45) is 0 Å². The molecule has 0 unspecified atom stereocenters. The molecule has 1 saturated heterocycles. The van der Waals surface area contributed by atoms with Crippen molar-refractivity contribution in [3.63, 3.8) is 0 Å². The van der Waals surface area contributed by atoms with E-state index in [1.807, 2.05) is 36.4 Å². The fourth-order valence-corrected chi connectivity index (χ4v) is 2.44. The summed E-state index contributed by atoms with van der Waals surface area (Å²) in [5, 5.41) is 0. The molecular weight excluding hydrogens is 254 g/mol. The highest BCUT2D eigenvalue weighted by molar-refractivity contribution is 6.05. The van der Waals surface area contributed by atoms with Gasteiger partial charge in [0.15, 0.2) is 0 Å². The molecule has 0 spiro atoms. The van der Waals surface area contributed by atoms with Gasteiger partial charge in [0.25, 0.3) is 5.91 Å². The Kier molecular flexibility index (Phi) is 2.79. The van der Waals surface area contributed by atoms with Crippen molar-refractivity contribution in [1.29, 1.82) is 0 Å². The molecule has 1 heterocycles. The number of hydrogen-bond acceptors (Lipinski definition) is 3. The lowest BCUT2D eigenvalue weighted by molar-refractivity contribution is -0.134. The SMILES string of the molecule is CN1C(=O)OC(c2ccccc2)(c2ccccc2)C1=O. The Morgan fingerprint density at radius 1 is 0.850 bits per heavy atom. The summed E-state index contributed by atoms with van der Waals surface area (Å²) < 4.78 is 5.48. The molecule has 1 fully saturated rings. The highest BCUT2D eigenvalue weighted by Crippen LogP contribution is 2.39. The number of nitrogens with zero attached hydrogens (tertiary/aromatic N) is 1. The summed E-state index contributed by atoms with van der Waals surface area (Å²) in [5.74, 6) is -0.375. The van der Waals surface area contributed by atoms with Crippen LogP contribution in [-0.2, 0) is 15.1 Å². The van der Waals surface area contributed by atoms with Crippen molar-refractivity contribution in [3.05, 3.63) is 71.8 Å². The Hall–Kier alpha value is -2.62. The maximum atomic E-state index is 12.6. The van der Waals surface area contributed by atoms with Gasteiger partial charge in [0.2, 0.25) is 5.60 Å². The topological polar surface area (TPSA) is 46.6 Å². The van der Waals surface area contributed by atoms with Gasteiger partial charge in [-0.1, -0.05) is 60.7 Å². The van der Waals surface area contributed by atoms with Crippen molar-refractivity contribution in [3.8, 4) is 0 Å². The van der Waals surface area contributed by atoms with Crippen LogP contribution in [0.2, 0.25) is 0 Å². The monoisotopic (exact) mass is 267 g/mol. The maximum absolute atomic E-state index is 12.6. The minimum atomic E-state index is -1.38. The number of carbonyl (C=O) groups is 2. The molecular formula is C16H13NO3. The first-order chi connectivity index (χ1) is 9.66. The fraction of sp³-hybridized carbons (Fsp3) is 0.125. The number of benzene rings is 2. The van der Waals surface area contributed by atoms with Gasteiger partial charge in [0.1, 0.15) is 0 Å². The summed E-state index contributed by atoms with van der Waals surface area (Å²) in [6.45, 7) is 0. The van der Waals surface area contributed by atoms with Crippen LogP contribution >= 0.6 is 0 Å². The fourth-order valence-electron chi connectivity index (χ4n) is 2.44. The van der Waals surface area contributed by atoms with E-state index in [1.54, 1.807) is 24.3 Å². The van der Waals surface area contributed by atoms with Crippen LogP contribution < -0.4 is 0 Å². The first kappa shape index (κ1) is 12.4. The van der Waals surface area contributed by atoms with Crippen molar-refractivity contribution in [2.45, 2.75) is 5.60 Å². The van der Waals surface area contributed by atoms with E-state index >= 15 is 0 Å². The molecule has 0 saturated carbocycles. The van der Waals surface area contributed by atoms with Crippen molar-refractivity contribution >= 4 is 12.0 Å². The Morgan fingerprint density at radius 3 is 1.65 bits per heavy atom. The van der Waals surface area contributed by atoms with Crippen LogP contribution in [-0.4, -0.2) is 23.9 Å². The summed E-state index contributed by atoms with van der Waals surface area (Å²) in [4.78, 5) is 25.5. The Bertz CT molecular complexity index is 612. The van der Waals surface area contributed by atoms with Crippen molar-refractivity contribution in [1.82, 2.24) is 4.90 Å². The predicted molar refractivity (Wildman–Crippen MR) is 72.9 cm³/mol. The van der Waals surface area contributed by atoms with E-state index in [4.69, 9.17) is 4.74 Å². The molecule has 4 heteroatoms. The zero-order valence-corrected chi connectivity index (χ0v) is 10.9. The second kappa shape index (κ2) is 4.49. The normalized spacial score (nSPS) is 17.1. The lowest BCUT2D eigenvalue weighted by Gasteiger charge is -2.25. The van der Waals surface area contributed by atoms with E-state index in [-0.39, 0.29) is 5.91 Å². The number of likely N-dealkylation sites (N-methyl/N-ethyl adjacent to an activating group) is 1. The van der Waals surface area contributed by atoms with Gasteiger partial charge in [-0.05, 0) is 0 Å². The van der Waals surface area contributed by atoms with Crippen LogP contribution in [0.4, 0.5) is 4.79 Å². The quantitative estimate of drug-likeness (QED) is 0.840. The highest BCUT2D eigenvalue weighted by atomic mass is 16.6. The molecule has 4 nitrogen and oxygen atoms in total. The van der Waals surface area contributed by atoms with Crippen LogP contribution in [0.1, 0.15) is 11.1 Å². The van der Waals surface area contributed by atoms with Gasteiger partial charge in [0, 0.05) is 18.2 Å². The van der Waals surface area contributed by atoms with Gasteiger partial charge in [-0.25, -0.2) is 9.69 Å². The number of ether oxygens (including phenoxy) is 1. The Morgan fingerprint density at radius 2 is 1.30 bits per heavy atom. The summed E-state index contributed by atoms with van der Waals surface area (Å²) in [5.41, 5.74) is -0.0863.